The third-order valence-corrected chi connectivity index (χ3v) is 4.44. The Kier molecular flexibility index (Phi) is 5.33. The van der Waals surface area contributed by atoms with E-state index in [1.165, 1.54) is 24.0 Å². The summed E-state index contributed by atoms with van der Waals surface area (Å²) in [5.74, 6) is 1.87. The van der Waals surface area contributed by atoms with Gasteiger partial charge in [-0.05, 0) is 42.7 Å². The van der Waals surface area contributed by atoms with Crippen LogP contribution in [0.1, 0.15) is 30.4 Å². The van der Waals surface area contributed by atoms with Gasteiger partial charge in [-0.15, -0.1) is 0 Å². The molecule has 0 bridgehead atoms. The topological polar surface area (TPSA) is 36.9 Å². The molecule has 22 heavy (non-hydrogen) atoms. The van der Waals surface area contributed by atoms with E-state index in [1.807, 2.05) is 7.05 Å². The number of nitrogens with one attached hydrogen (secondary N) is 1. The van der Waals surface area contributed by atoms with Crippen molar-refractivity contribution in [2.24, 2.45) is 10.9 Å². The lowest BCUT2D eigenvalue weighted by Gasteiger charge is -2.31. The first kappa shape index (κ1) is 15.3. The van der Waals surface area contributed by atoms with Crippen molar-refractivity contribution in [3.8, 4) is 0 Å². The molecule has 0 unspecified atom stereocenters. The number of rotatable bonds is 6. The van der Waals surface area contributed by atoms with Crippen molar-refractivity contribution in [3.05, 3.63) is 35.4 Å². The highest BCUT2D eigenvalue weighted by Crippen LogP contribution is 2.28. The molecular weight excluding hydrogens is 274 g/mol. The van der Waals surface area contributed by atoms with Crippen LogP contribution in [-0.2, 0) is 17.7 Å². The third kappa shape index (κ3) is 4.23. The third-order valence-electron chi connectivity index (χ3n) is 4.44. The monoisotopic (exact) mass is 301 g/mol. The fourth-order valence-electron chi connectivity index (χ4n) is 2.92. The van der Waals surface area contributed by atoms with E-state index in [0.29, 0.717) is 0 Å². The molecule has 0 radical (unpaired) electrons. The number of fused-ring (bicyclic) bond motifs is 1. The maximum absolute atomic E-state index is 5.67. The Morgan fingerprint density at radius 3 is 2.91 bits per heavy atom. The molecule has 0 saturated heterocycles. The van der Waals surface area contributed by atoms with Gasteiger partial charge in [0.25, 0.3) is 0 Å². The van der Waals surface area contributed by atoms with Gasteiger partial charge < -0.3 is 15.0 Å². The molecule has 1 saturated carbocycles. The molecule has 0 spiro atoms. The molecule has 1 aromatic carbocycles. The predicted octanol–water partition coefficient (Wildman–Crippen LogP) is 2.44. The first-order chi connectivity index (χ1) is 10.9. The van der Waals surface area contributed by atoms with Crippen LogP contribution in [0.4, 0.5) is 0 Å². The van der Waals surface area contributed by atoms with Crippen LogP contribution in [-0.4, -0.2) is 44.2 Å². The number of guanidine groups is 1. The molecule has 0 aromatic heterocycles. The lowest BCUT2D eigenvalue weighted by Crippen LogP contribution is -2.44. The standard InChI is InChI=1S/C18H27N3O/c1-19-18(20-10-4-12-22-14-15-7-8-15)21-11-9-16-5-2-3-6-17(16)13-21/h2-3,5-6,15H,4,7-14H2,1H3,(H,19,20). The lowest BCUT2D eigenvalue weighted by molar-refractivity contribution is 0.122. The van der Waals surface area contributed by atoms with Gasteiger partial charge in [0.1, 0.15) is 0 Å². The van der Waals surface area contributed by atoms with Gasteiger partial charge in [-0.3, -0.25) is 4.99 Å². The largest absolute Gasteiger partial charge is 0.381 e. The van der Waals surface area contributed by atoms with Crippen LogP contribution in [0.3, 0.4) is 0 Å². The molecule has 0 amide bonds. The Morgan fingerprint density at radius 1 is 1.32 bits per heavy atom. The van der Waals surface area contributed by atoms with Gasteiger partial charge >= 0.3 is 0 Å². The average Bonchev–Trinajstić information content (AvgIpc) is 3.38. The molecule has 1 fully saturated rings. The number of hydrogen-bond donors (Lipinski definition) is 1. The minimum Gasteiger partial charge on any atom is -0.381 e. The van der Waals surface area contributed by atoms with Gasteiger partial charge in [-0.2, -0.15) is 0 Å². The number of hydrogen-bond acceptors (Lipinski definition) is 2. The summed E-state index contributed by atoms with van der Waals surface area (Å²) in [6.45, 7) is 4.72. The molecule has 1 aromatic rings. The molecule has 1 N–H and O–H groups in total. The normalized spacial score (nSPS) is 18.2. The highest BCUT2D eigenvalue weighted by Gasteiger charge is 2.21. The van der Waals surface area contributed by atoms with Crippen LogP contribution in [0.5, 0.6) is 0 Å². The first-order valence-electron chi connectivity index (χ1n) is 8.47. The number of benzene rings is 1. The van der Waals surface area contributed by atoms with Crippen LogP contribution < -0.4 is 5.32 Å². The lowest BCUT2D eigenvalue weighted by atomic mass is 10.0. The Balaban J connectivity index is 1.40. The minimum atomic E-state index is 0.851. The second-order valence-electron chi connectivity index (χ2n) is 6.29. The Bertz CT molecular complexity index is 511. The van der Waals surface area contributed by atoms with Crippen molar-refractivity contribution < 1.29 is 4.74 Å². The zero-order valence-electron chi connectivity index (χ0n) is 13.6. The highest BCUT2D eigenvalue weighted by atomic mass is 16.5. The molecule has 1 heterocycles. The number of nitrogens with zero attached hydrogens (tertiary/aromatic N) is 2. The predicted molar refractivity (Wildman–Crippen MR) is 90.1 cm³/mol. The van der Waals surface area contributed by atoms with Crippen LogP contribution in [0.15, 0.2) is 29.3 Å². The van der Waals surface area contributed by atoms with Crippen molar-refractivity contribution in [1.29, 1.82) is 0 Å². The van der Waals surface area contributed by atoms with Crippen molar-refractivity contribution in [1.82, 2.24) is 10.2 Å². The molecule has 2 aliphatic rings. The molecule has 120 valence electrons. The van der Waals surface area contributed by atoms with Crippen molar-refractivity contribution in [2.75, 3.05) is 33.4 Å². The Hall–Kier alpha value is -1.55. The summed E-state index contributed by atoms with van der Waals surface area (Å²) in [6.07, 6.45) is 4.86. The summed E-state index contributed by atoms with van der Waals surface area (Å²) < 4.78 is 5.67. The highest BCUT2D eigenvalue weighted by molar-refractivity contribution is 5.80. The quantitative estimate of drug-likeness (QED) is 0.498. The Labute approximate surface area is 133 Å². The van der Waals surface area contributed by atoms with Crippen LogP contribution in [0.25, 0.3) is 0 Å². The SMILES string of the molecule is CN=C(NCCCOCC1CC1)N1CCc2ccccc2C1. The summed E-state index contributed by atoms with van der Waals surface area (Å²) in [5, 5.41) is 3.47. The molecule has 4 nitrogen and oxygen atoms in total. The van der Waals surface area contributed by atoms with Gasteiger partial charge in [0.15, 0.2) is 5.96 Å². The fraction of sp³-hybridized carbons (Fsp3) is 0.611. The van der Waals surface area contributed by atoms with Gasteiger partial charge in [0.05, 0.1) is 0 Å². The van der Waals surface area contributed by atoms with Gasteiger partial charge in [-0.25, -0.2) is 0 Å². The number of aliphatic imine (C=N–C) groups is 1. The molecule has 1 aliphatic carbocycles. The van der Waals surface area contributed by atoms with E-state index in [0.717, 1.165) is 57.6 Å². The smallest absolute Gasteiger partial charge is 0.193 e. The minimum absolute atomic E-state index is 0.851. The van der Waals surface area contributed by atoms with E-state index in [2.05, 4.69) is 39.5 Å². The van der Waals surface area contributed by atoms with Crippen LogP contribution >= 0.6 is 0 Å². The zero-order valence-corrected chi connectivity index (χ0v) is 13.6. The molecule has 3 rings (SSSR count). The Morgan fingerprint density at radius 2 is 2.14 bits per heavy atom. The summed E-state index contributed by atoms with van der Waals surface area (Å²) in [6, 6.07) is 8.71. The summed E-state index contributed by atoms with van der Waals surface area (Å²) in [4.78, 5) is 6.77. The van der Waals surface area contributed by atoms with E-state index >= 15 is 0 Å². The van der Waals surface area contributed by atoms with E-state index < -0.39 is 0 Å². The van der Waals surface area contributed by atoms with Gasteiger partial charge in [0.2, 0.25) is 0 Å². The van der Waals surface area contributed by atoms with Crippen LogP contribution in [0.2, 0.25) is 0 Å². The summed E-state index contributed by atoms with van der Waals surface area (Å²) >= 11 is 0. The van der Waals surface area contributed by atoms with Crippen LogP contribution in [0, 0.1) is 5.92 Å². The van der Waals surface area contributed by atoms with Crippen molar-refractivity contribution in [2.45, 2.75) is 32.2 Å². The zero-order chi connectivity index (χ0) is 15.2. The van der Waals surface area contributed by atoms with Gasteiger partial charge in [0, 0.05) is 39.9 Å². The second-order valence-corrected chi connectivity index (χ2v) is 6.29. The first-order valence-corrected chi connectivity index (χ1v) is 8.47. The van der Waals surface area contributed by atoms with E-state index in [-0.39, 0.29) is 0 Å². The summed E-state index contributed by atoms with van der Waals surface area (Å²) in [7, 11) is 1.87. The van der Waals surface area contributed by atoms with Crippen molar-refractivity contribution >= 4 is 5.96 Å². The maximum atomic E-state index is 5.67. The second kappa shape index (κ2) is 7.63. The molecular formula is C18H27N3O. The average molecular weight is 301 g/mol. The molecule has 1 aliphatic heterocycles. The molecule has 4 heteroatoms. The van der Waals surface area contributed by atoms with E-state index in [9.17, 15) is 0 Å². The van der Waals surface area contributed by atoms with Crippen molar-refractivity contribution in [3.63, 3.8) is 0 Å². The fourth-order valence-corrected chi connectivity index (χ4v) is 2.92. The van der Waals surface area contributed by atoms with E-state index in [1.54, 1.807) is 0 Å². The van der Waals surface area contributed by atoms with Gasteiger partial charge in [-0.1, -0.05) is 24.3 Å². The molecule has 0 atom stereocenters. The number of ether oxygens (including phenoxy) is 1. The summed E-state index contributed by atoms with van der Waals surface area (Å²) in [5.41, 5.74) is 2.90. The maximum Gasteiger partial charge on any atom is 0.193 e. The van der Waals surface area contributed by atoms with E-state index in [4.69, 9.17) is 4.74 Å².